The molecular weight excluding hydrogens is 550 g/mol. The number of aromatic amines is 1. The average molecular weight is 584 g/mol. The number of carbonyl (C=O) groups excluding carboxylic acids is 5. The molecule has 43 heavy (non-hydrogen) atoms. The van der Waals surface area contributed by atoms with Crippen molar-refractivity contribution in [2.75, 3.05) is 0 Å². The topological polar surface area (TPSA) is 172 Å². The molecule has 0 saturated heterocycles. The number of ether oxygens (including phenoxy) is 1. The van der Waals surface area contributed by atoms with Crippen LogP contribution in [0.1, 0.15) is 23.6 Å². The van der Waals surface area contributed by atoms with Gasteiger partial charge in [-0.2, -0.15) is 0 Å². The van der Waals surface area contributed by atoms with Crippen molar-refractivity contribution in [1.29, 1.82) is 0 Å². The third kappa shape index (κ3) is 8.52. The molecule has 0 bridgehead atoms. The predicted octanol–water partition coefficient (Wildman–Crippen LogP) is 2.29. The first-order chi connectivity index (χ1) is 20.7. The van der Waals surface area contributed by atoms with Gasteiger partial charge >= 0.3 is 6.09 Å². The molecule has 11 nitrogen and oxygen atoms in total. The van der Waals surface area contributed by atoms with Gasteiger partial charge in [0, 0.05) is 29.9 Å². The summed E-state index contributed by atoms with van der Waals surface area (Å²) in [5, 5.41) is 8.59. The number of H-pyrrole nitrogens is 1. The molecule has 0 saturated carbocycles. The second-order valence-corrected chi connectivity index (χ2v) is 10.0. The first-order valence-corrected chi connectivity index (χ1v) is 13.7. The lowest BCUT2D eigenvalue weighted by atomic mass is 10.00. The van der Waals surface area contributed by atoms with Crippen LogP contribution in [-0.2, 0) is 43.4 Å². The van der Waals surface area contributed by atoms with E-state index in [1.807, 2.05) is 42.5 Å². The highest BCUT2D eigenvalue weighted by Gasteiger charge is 2.31. The van der Waals surface area contributed by atoms with Gasteiger partial charge in [0.1, 0.15) is 24.7 Å². The van der Waals surface area contributed by atoms with Crippen LogP contribution in [0.15, 0.2) is 91.1 Å². The Bertz CT molecular complexity index is 1590. The van der Waals surface area contributed by atoms with Crippen molar-refractivity contribution in [3.05, 3.63) is 108 Å². The second kappa shape index (κ2) is 14.4. The molecule has 11 heteroatoms. The zero-order chi connectivity index (χ0) is 30.8. The van der Waals surface area contributed by atoms with Crippen LogP contribution in [0.3, 0.4) is 0 Å². The maximum Gasteiger partial charge on any atom is 0.408 e. The Balaban J connectivity index is 1.49. The highest BCUT2D eigenvalue weighted by Crippen LogP contribution is 2.19. The number of nitrogens with one attached hydrogen (secondary N) is 4. The number of benzene rings is 3. The van der Waals surface area contributed by atoms with E-state index in [4.69, 9.17) is 10.5 Å². The molecule has 222 valence electrons. The summed E-state index contributed by atoms with van der Waals surface area (Å²) in [4.78, 5) is 66.7. The van der Waals surface area contributed by atoms with Crippen LogP contribution in [0, 0.1) is 0 Å². The SMILES string of the molecule is CC(NC(=O)OCc1ccccc1)C(=O)NC(Cc1c[nH]c2ccccc12)C(=O)NC(Cc1ccccc1)C(=O)C(N)=O. The van der Waals surface area contributed by atoms with Crippen LogP contribution in [0.25, 0.3) is 10.9 Å². The van der Waals surface area contributed by atoms with Gasteiger partial charge in [-0.3, -0.25) is 19.2 Å². The molecule has 4 aromatic rings. The molecule has 3 atom stereocenters. The molecule has 3 aromatic carbocycles. The summed E-state index contributed by atoms with van der Waals surface area (Å²) in [5.74, 6) is -3.51. The summed E-state index contributed by atoms with van der Waals surface area (Å²) in [6.45, 7) is 1.47. The molecule has 4 amide bonds. The molecule has 0 spiro atoms. The number of ketones is 1. The quantitative estimate of drug-likeness (QED) is 0.151. The van der Waals surface area contributed by atoms with Crippen LogP contribution < -0.4 is 21.7 Å². The smallest absolute Gasteiger partial charge is 0.408 e. The number of alkyl carbamates (subject to hydrolysis) is 1. The number of hydrogen-bond acceptors (Lipinski definition) is 6. The molecular formula is C32H33N5O6. The summed E-state index contributed by atoms with van der Waals surface area (Å²) >= 11 is 0. The van der Waals surface area contributed by atoms with Crippen molar-refractivity contribution < 1.29 is 28.7 Å². The molecule has 3 unspecified atom stereocenters. The Morgan fingerprint density at radius 3 is 2.02 bits per heavy atom. The number of para-hydroxylation sites is 1. The fraction of sp³-hybridized carbons (Fsp3) is 0.219. The van der Waals surface area contributed by atoms with Gasteiger partial charge in [0.15, 0.2) is 0 Å². The fourth-order valence-corrected chi connectivity index (χ4v) is 4.54. The standard InChI is InChI=1S/C32H33N5O6/c1-20(35-32(42)43-19-22-12-6-3-7-13-22)30(40)37-27(17-23-18-34-25-15-9-8-14-24(23)25)31(41)36-26(28(38)29(33)39)16-21-10-4-2-5-11-21/h2-15,18,20,26-27,34H,16-17,19H2,1H3,(H2,33,39)(H,35,42)(H,36,41)(H,37,40). The third-order valence-electron chi connectivity index (χ3n) is 6.83. The van der Waals surface area contributed by atoms with Gasteiger partial charge < -0.3 is 31.4 Å². The largest absolute Gasteiger partial charge is 0.445 e. The van der Waals surface area contributed by atoms with Crippen LogP contribution in [0.4, 0.5) is 4.79 Å². The number of hydrogen-bond donors (Lipinski definition) is 5. The van der Waals surface area contributed by atoms with E-state index in [-0.39, 0.29) is 19.4 Å². The minimum absolute atomic E-state index is 0.0172. The molecule has 0 radical (unpaired) electrons. The molecule has 0 aliphatic heterocycles. The Morgan fingerprint density at radius 2 is 1.35 bits per heavy atom. The number of amides is 4. The van der Waals surface area contributed by atoms with Gasteiger partial charge in [0.2, 0.25) is 17.6 Å². The van der Waals surface area contributed by atoms with E-state index in [1.54, 1.807) is 48.7 Å². The lowest BCUT2D eigenvalue weighted by Gasteiger charge is -2.24. The summed E-state index contributed by atoms with van der Waals surface area (Å²) in [7, 11) is 0. The number of aromatic nitrogens is 1. The molecule has 0 aliphatic carbocycles. The highest BCUT2D eigenvalue weighted by molar-refractivity contribution is 6.38. The van der Waals surface area contributed by atoms with E-state index in [9.17, 15) is 24.0 Å². The van der Waals surface area contributed by atoms with Crippen LogP contribution >= 0.6 is 0 Å². The molecule has 0 fully saturated rings. The van der Waals surface area contributed by atoms with Crippen LogP contribution in [0.2, 0.25) is 0 Å². The first-order valence-electron chi connectivity index (χ1n) is 13.7. The molecule has 4 rings (SSSR count). The van der Waals surface area contributed by atoms with Crippen molar-refractivity contribution in [2.45, 2.75) is 44.5 Å². The molecule has 1 aromatic heterocycles. The van der Waals surface area contributed by atoms with Crippen molar-refractivity contribution in [3.63, 3.8) is 0 Å². The van der Waals surface area contributed by atoms with Crippen molar-refractivity contribution >= 4 is 40.5 Å². The van der Waals surface area contributed by atoms with E-state index in [1.165, 1.54) is 6.92 Å². The molecule has 6 N–H and O–H groups in total. The Morgan fingerprint density at radius 1 is 0.744 bits per heavy atom. The van der Waals surface area contributed by atoms with Gasteiger partial charge in [-0.15, -0.1) is 0 Å². The number of rotatable bonds is 13. The molecule has 0 aliphatic rings. The lowest BCUT2D eigenvalue weighted by molar-refractivity contribution is -0.138. The lowest BCUT2D eigenvalue weighted by Crippen LogP contribution is -2.57. The van der Waals surface area contributed by atoms with E-state index in [2.05, 4.69) is 20.9 Å². The predicted molar refractivity (Wildman–Crippen MR) is 159 cm³/mol. The van der Waals surface area contributed by atoms with E-state index < -0.39 is 47.7 Å². The summed E-state index contributed by atoms with van der Waals surface area (Å²) in [6, 6.07) is 21.9. The normalized spacial score (nSPS) is 12.9. The number of Topliss-reactive ketones (excluding diaryl/α,β-unsaturated/α-hetero) is 1. The van der Waals surface area contributed by atoms with E-state index in [0.717, 1.165) is 22.0 Å². The van der Waals surface area contributed by atoms with Gasteiger partial charge in [-0.25, -0.2) is 4.79 Å². The van der Waals surface area contributed by atoms with E-state index >= 15 is 0 Å². The fourth-order valence-electron chi connectivity index (χ4n) is 4.54. The monoisotopic (exact) mass is 583 g/mol. The highest BCUT2D eigenvalue weighted by atomic mass is 16.5. The maximum absolute atomic E-state index is 13.6. The number of primary amides is 1. The average Bonchev–Trinajstić information content (AvgIpc) is 3.42. The summed E-state index contributed by atoms with van der Waals surface area (Å²) in [6.07, 6.45) is 0.998. The zero-order valence-electron chi connectivity index (χ0n) is 23.5. The van der Waals surface area contributed by atoms with Gasteiger partial charge in [-0.05, 0) is 29.7 Å². The van der Waals surface area contributed by atoms with Crippen molar-refractivity contribution in [1.82, 2.24) is 20.9 Å². The molecule has 1 heterocycles. The van der Waals surface area contributed by atoms with Crippen molar-refractivity contribution in [2.24, 2.45) is 5.73 Å². The Labute approximate surface area is 248 Å². The number of nitrogens with two attached hydrogens (primary N) is 1. The van der Waals surface area contributed by atoms with Crippen LogP contribution in [0.5, 0.6) is 0 Å². The third-order valence-corrected chi connectivity index (χ3v) is 6.83. The van der Waals surface area contributed by atoms with Crippen LogP contribution in [-0.4, -0.2) is 52.7 Å². The Hall–Kier alpha value is -5.45. The number of carbonyl (C=O) groups is 5. The number of fused-ring (bicyclic) bond motifs is 1. The summed E-state index contributed by atoms with van der Waals surface area (Å²) < 4.78 is 5.20. The van der Waals surface area contributed by atoms with Gasteiger partial charge in [-0.1, -0.05) is 78.9 Å². The summed E-state index contributed by atoms with van der Waals surface area (Å²) in [5.41, 5.74) is 8.33. The van der Waals surface area contributed by atoms with E-state index in [0.29, 0.717) is 5.56 Å². The van der Waals surface area contributed by atoms with Gasteiger partial charge in [0.05, 0.1) is 0 Å². The first kappa shape index (κ1) is 30.5. The maximum atomic E-state index is 13.6. The van der Waals surface area contributed by atoms with Crippen molar-refractivity contribution in [3.8, 4) is 0 Å². The minimum Gasteiger partial charge on any atom is -0.445 e. The van der Waals surface area contributed by atoms with Gasteiger partial charge in [0.25, 0.3) is 5.91 Å². The Kier molecular flexibility index (Phi) is 10.2. The second-order valence-electron chi connectivity index (χ2n) is 10.0. The zero-order valence-corrected chi connectivity index (χ0v) is 23.5. The minimum atomic E-state index is -1.25.